The minimum atomic E-state index is -0.477. The third kappa shape index (κ3) is 5.24. The lowest BCUT2D eigenvalue weighted by Crippen LogP contribution is -2.58. The van der Waals surface area contributed by atoms with Gasteiger partial charge in [-0.1, -0.05) is 49.9 Å². The Balaban J connectivity index is 1.18. The molecule has 1 aromatic carbocycles. The third-order valence-electron chi connectivity index (χ3n) is 10.7. The highest BCUT2D eigenvalue weighted by atomic mass is 19.1. The van der Waals surface area contributed by atoms with Crippen LogP contribution in [0.5, 0.6) is 0 Å². The van der Waals surface area contributed by atoms with Gasteiger partial charge in [0.05, 0.1) is 18.1 Å². The van der Waals surface area contributed by atoms with Crippen molar-refractivity contribution in [3.63, 3.8) is 0 Å². The molecule has 0 spiro atoms. The summed E-state index contributed by atoms with van der Waals surface area (Å²) >= 11 is 0. The van der Waals surface area contributed by atoms with E-state index in [0.29, 0.717) is 40.9 Å². The molecule has 1 saturated heterocycles. The highest BCUT2D eigenvalue weighted by Gasteiger charge is 2.41. The number of hydrogen-bond acceptors (Lipinski definition) is 5. The molecule has 44 heavy (non-hydrogen) atoms. The van der Waals surface area contributed by atoms with Crippen molar-refractivity contribution in [2.24, 2.45) is 17.8 Å². The van der Waals surface area contributed by atoms with Gasteiger partial charge < -0.3 is 9.88 Å². The van der Waals surface area contributed by atoms with Crippen molar-refractivity contribution < 1.29 is 9.18 Å². The first kappa shape index (κ1) is 28.9. The fourth-order valence-corrected chi connectivity index (χ4v) is 7.87. The zero-order valence-electron chi connectivity index (χ0n) is 25.6. The molecule has 230 valence electrons. The van der Waals surface area contributed by atoms with Crippen LogP contribution in [-0.4, -0.2) is 54.6 Å². The quantitative estimate of drug-likeness (QED) is 0.255. The Bertz CT molecular complexity index is 1720. The molecule has 3 aliphatic rings. The van der Waals surface area contributed by atoms with E-state index in [4.69, 9.17) is 0 Å². The van der Waals surface area contributed by atoms with Gasteiger partial charge in [0.15, 0.2) is 5.65 Å². The number of likely N-dealkylation sites (tertiary alicyclic amines) is 1. The summed E-state index contributed by atoms with van der Waals surface area (Å²) < 4.78 is 14.7. The molecule has 0 radical (unpaired) electrons. The molecule has 2 atom stereocenters. The number of aryl methyl sites for hydroxylation is 1. The van der Waals surface area contributed by atoms with Crippen molar-refractivity contribution in [3.8, 4) is 22.6 Å². The lowest BCUT2D eigenvalue weighted by molar-refractivity contribution is 0.0142. The zero-order chi connectivity index (χ0) is 30.4. The van der Waals surface area contributed by atoms with Gasteiger partial charge in [0, 0.05) is 37.0 Å². The molecule has 1 N–H and O–H groups in total. The number of H-pyrrole nitrogens is 1. The molecule has 7 rings (SSSR count). The maximum atomic E-state index is 14.0. The highest BCUT2D eigenvalue weighted by Crippen LogP contribution is 2.41. The third-order valence-corrected chi connectivity index (χ3v) is 10.7. The Morgan fingerprint density at radius 3 is 2.36 bits per heavy atom. The summed E-state index contributed by atoms with van der Waals surface area (Å²) in [6.45, 7) is 3.49. The summed E-state index contributed by atoms with van der Waals surface area (Å²) in [7, 11) is 0. The largest absolute Gasteiger partial charge is 0.339 e. The number of halogens is 1. The molecule has 4 heterocycles. The van der Waals surface area contributed by atoms with Gasteiger partial charge >= 0.3 is 0 Å². The van der Waals surface area contributed by atoms with E-state index in [-0.39, 0.29) is 29.0 Å². The topological polar surface area (TPSA) is 96.2 Å². The van der Waals surface area contributed by atoms with Crippen molar-refractivity contribution in [1.29, 1.82) is 0 Å². The predicted octanol–water partition coefficient (Wildman–Crippen LogP) is 6.74. The van der Waals surface area contributed by atoms with Crippen molar-refractivity contribution >= 4 is 11.6 Å². The average molecular weight is 597 g/mol. The Hall–Kier alpha value is -3.88. The summed E-state index contributed by atoms with van der Waals surface area (Å²) in [6.07, 6.45) is 15.4. The van der Waals surface area contributed by atoms with E-state index < -0.39 is 6.67 Å². The molecule has 2 aliphatic carbocycles. The number of carbonyl (C=O) groups excluding carboxylic acids is 1. The molecule has 0 bridgehead atoms. The second kappa shape index (κ2) is 11.9. The van der Waals surface area contributed by atoms with Crippen LogP contribution in [0, 0.1) is 24.7 Å². The van der Waals surface area contributed by atoms with Gasteiger partial charge in [-0.05, 0) is 74.8 Å². The molecular formula is C35H41FN6O2. The molecular weight excluding hydrogens is 555 g/mol. The van der Waals surface area contributed by atoms with Crippen LogP contribution < -0.4 is 5.56 Å². The number of carbonyl (C=O) groups is 1. The number of alkyl halides is 1. The molecule has 9 heteroatoms. The summed E-state index contributed by atoms with van der Waals surface area (Å²) in [5.41, 5.74) is 4.37. The molecule has 1 amide bonds. The first-order valence-corrected chi connectivity index (χ1v) is 16.3. The van der Waals surface area contributed by atoms with Gasteiger partial charge in [0.2, 0.25) is 0 Å². The molecule has 4 aromatic rings. The number of hydrogen-bond donors (Lipinski definition) is 1. The van der Waals surface area contributed by atoms with E-state index in [0.717, 1.165) is 17.4 Å². The number of rotatable bonds is 7. The first-order chi connectivity index (χ1) is 21.4. The summed E-state index contributed by atoms with van der Waals surface area (Å²) in [4.78, 5) is 41.2. The fourth-order valence-electron chi connectivity index (χ4n) is 7.87. The minimum absolute atomic E-state index is 0.196. The van der Waals surface area contributed by atoms with E-state index in [2.05, 4.69) is 44.3 Å². The van der Waals surface area contributed by atoms with Crippen molar-refractivity contribution in [3.05, 3.63) is 69.9 Å². The maximum absolute atomic E-state index is 14.0. The summed E-state index contributed by atoms with van der Waals surface area (Å²) in [6, 6.07) is 9.78. The van der Waals surface area contributed by atoms with Crippen LogP contribution >= 0.6 is 0 Å². The Morgan fingerprint density at radius 1 is 0.977 bits per heavy atom. The molecule has 3 aromatic heterocycles. The fraction of sp³-hybridized carbons (Fsp3) is 0.514. The lowest BCUT2D eigenvalue weighted by Gasteiger charge is -2.45. The van der Waals surface area contributed by atoms with Crippen LogP contribution in [0.3, 0.4) is 0 Å². The highest BCUT2D eigenvalue weighted by molar-refractivity contribution is 6.06. The van der Waals surface area contributed by atoms with Gasteiger partial charge in [0.1, 0.15) is 17.0 Å². The van der Waals surface area contributed by atoms with E-state index in [1.165, 1.54) is 73.9 Å². The number of nitrogens with zero attached hydrogens (tertiary/aromatic N) is 5. The van der Waals surface area contributed by atoms with Crippen LogP contribution in [0.4, 0.5) is 4.39 Å². The SMILES string of the molecule is Cc1nccnc1-c1nn2c(=O)cc(-c3ccc(C4CCC(CC5CCCC5)CC4)cc3)[nH]c2c1C(=O)N1C[C@H](CF)[C@@H]1C. The number of nitrogens with one attached hydrogen (secondary N) is 1. The van der Waals surface area contributed by atoms with Gasteiger partial charge in [-0.15, -0.1) is 0 Å². The number of benzene rings is 1. The van der Waals surface area contributed by atoms with Crippen LogP contribution in [0.15, 0.2) is 47.5 Å². The number of amides is 1. The Kier molecular flexibility index (Phi) is 7.81. The van der Waals surface area contributed by atoms with E-state index in [9.17, 15) is 14.0 Å². The maximum Gasteiger partial charge on any atom is 0.274 e. The standard InChI is InChI=1S/C35H41FN6O2/c1-21-32(38-16-15-37-21)33-31(35(44)41-20-28(19-36)22(41)2)34-39-29(18-30(43)42(34)40-33)27-13-11-26(12-14-27)25-9-7-24(8-10-25)17-23-5-3-4-6-23/h11-16,18,22-25,28,39H,3-10,17,19-20H2,1-2H3/t22-,24?,25?,28-/m0/s1. The number of fused-ring (bicyclic) bond motifs is 1. The number of aromatic amines is 1. The summed E-state index contributed by atoms with van der Waals surface area (Å²) in [5.74, 6) is 1.93. The van der Waals surface area contributed by atoms with Crippen molar-refractivity contribution in [2.45, 2.75) is 83.6 Å². The van der Waals surface area contributed by atoms with E-state index >= 15 is 0 Å². The Labute approximate surface area is 257 Å². The van der Waals surface area contributed by atoms with Gasteiger partial charge in [0.25, 0.3) is 11.5 Å². The van der Waals surface area contributed by atoms with E-state index in [1.807, 2.05) is 6.92 Å². The second-order valence-electron chi connectivity index (χ2n) is 13.3. The van der Waals surface area contributed by atoms with Crippen LogP contribution in [0.25, 0.3) is 28.3 Å². The monoisotopic (exact) mass is 596 g/mol. The normalized spacial score (nSPS) is 24.1. The van der Waals surface area contributed by atoms with Crippen molar-refractivity contribution in [1.82, 2.24) is 29.5 Å². The average Bonchev–Trinajstić information content (AvgIpc) is 3.69. The smallest absolute Gasteiger partial charge is 0.274 e. The molecule has 2 saturated carbocycles. The Morgan fingerprint density at radius 2 is 1.68 bits per heavy atom. The van der Waals surface area contributed by atoms with E-state index in [1.54, 1.807) is 24.2 Å². The molecule has 3 fully saturated rings. The van der Waals surface area contributed by atoms with Gasteiger partial charge in [-0.3, -0.25) is 23.9 Å². The lowest BCUT2D eigenvalue weighted by atomic mass is 9.75. The minimum Gasteiger partial charge on any atom is -0.339 e. The van der Waals surface area contributed by atoms with Gasteiger partial charge in [-0.25, -0.2) is 0 Å². The molecule has 8 nitrogen and oxygen atoms in total. The summed E-state index contributed by atoms with van der Waals surface area (Å²) in [5, 5.41) is 4.57. The molecule has 0 unspecified atom stereocenters. The van der Waals surface area contributed by atoms with Crippen LogP contribution in [0.2, 0.25) is 0 Å². The molecule has 1 aliphatic heterocycles. The zero-order valence-corrected chi connectivity index (χ0v) is 25.6. The second-order valence-corrected chi connectivity index (χ2v) is 13.3. The van der Waals surface area contributed by atoms with Crippen molar-refractivity contribution in [2.75, 3.05) is 13.2 Å². The first-order valence-electron chi connectivity index (χ1n) is 16.3. The van der Waals surface area contributed by atoms with Gasteiger partial charge in [-0.2, -0.15) is 9.61 Å². The predicted molar refractivity (Wildman–Crippen MR) is 168 cm³/mol. The number of aromatic nitrogens is 5. The van der Waals surface area contributed by atoms with Crippen LogP contribution in [-0.2, 0) is 0 Å². The van der Waals surface area contributed by atoms with Crippen LogP contribution in [0.1, 0.15) is 92.2 Å².